The molecule has 0 bridgehead atoms. The fourth-order valence-electron chi connectivity index (χ4n) is 1.85. The van der Waals surface area contributed by atoms with Crippen LogP contribution in [-0.2, 0) is 4.74 Å². The number of nitrogens with zero attached hydrogens (tertiary/aromatic N) is 1. The minimum atomic E-state index is -1.28. The third-order valence-corrected chi connectivity index (χ3v) is 2.56. The Morgan fingerprint density at radius 1 is 1.25 bits per heavy atom. The summed E-state index contributed by atoms with van der Waals surface area (Å²) in [6, 6.07) is 4.92. The average molecular weight is 279 g/mol. The number of rotatable bonds is 1. The Kier molecular flexibility index (Phi) is 3.25. The highest BCUT2D eigenvalue weighted by Gasteiger charge is 2.24. The molecule has 0 atom stereocenters. The molecule has 2 rings (SSSR count). The molecule has 1 heterocycles. The van der Waals surface area contributed by atoms with Crippen molar-refractivity contribution in [2.75, 3.05) is 0 Å². The maximum absolute atomic E-state index is 13.2. The molecule has 106 valence electrons. The number of carbonyl (C=O) groups is 2. The van der Waals surface area contributed by atoms with Gasteiger partial charge in [-0.15, -0.1) is 0 Å². The molecule has 0 saturated carbocycles. The molecule has 0 unspecified atom stereocenters. The highest BCUT2D eigenvalue weighted by atomic mass is 19.1. The monoisotopic (exact) mass is 279 g/mol. The second-order valence-electron chi connectivity index (χ2n) is 5.35. The van der Waals surface area contributed by atoms with E-state index < -0.39 is 23.5 Å². The number of ether oxygens (including phenoxy) is 1. The predicted octanol–water partition coefficient (Wildman–Crippen LogP) is 3.26. The molecule has 0 radical (unpaired) electrons. The highest BCUT2D eigenvalue weighted by Crippen LogP contribution is 2.23. The van der Waals surface area contributed by atoms with E-state index in [1.54, 1.807) is 20.8 Å². The van der Waals surface area contributed by atoms with Gasteiger partial charge in [-0.25, -0.2) is 18.5 Å². The van der Waals surface area contributed by atoms with Crippen LogP contribution in [-0.4, -0.2) is 27.3 Å². The van der Waals surface area contributed by atoms with Crippen LogP contribution in [0.4, 0.5) is 9.18 Å². The number of aromatic carboxylic acids is 1. The van der Waals surface area contributed by atoms with E-state index in [-0.39, 0.29) is 11.2 Å². The van der Waals surface area contributed by atoms with Crippen molar-refractivity contribution in [1.82, 2.24) is 4.57 Å². The zero-order valence-electron chi connectivity index (χ0n) is 11.3. The van der Waals surface area contributed by atoms with Crippen molar-refractivity contribution < 1.29 is 23.8 Å². The Morgan fingerprint density at radius 3 is 2.45 bits per heavy atom. The maximum atomic E-state index is 13.2. The quantitative estimate of drug-likeness (QED) is 0.869. The number of fused-ring (bicyclic) bond motifs is 1. The molecule has 20 heavy (non-hydrogen) atoms. The van der Waals surface area contributed by atoms with Crippen molar-refractivity contribution in [3.8, 4) is 0 Å². The van der Waals surface area contributed by atoms with Gasteiger partial charge in [0.2, 0.25) is 0 Å². The van der Waals surface area contributed by atoms with Crippen molar-refractivity contribution in [3.63, 3.8) is 0 Å². The molecule has 0 aliphatic heterocycles. The van der Waals surface area contributed by atoms with Crippen LogP contribution in [0.25, 0.3) is 10.9 Å². The summed E-state index contributed by atoms with van der Waals surface area (Å²) in [5.74, 6) is -1.79. The maximum Gasteiger partial charge on any atom is 0.419 e. The van der Waals surface area contributed by atoms with Crippen molar-refractivity contribution in [2.45, 2.75) is 26.4 Å². The summed E-state index contributed by atoms with van der Waals surface area (Å²) in [6.45, 7) is 5.03. The summed E-state index contributed by atoms with van der Waals surface area (Å²) >= 11 is 0. The van der Waals surface area contributed by atoms with Gasteiger partial charge in [0.1, 0.15) is 17.1 Å². The van der Waals surface area contributed by atoms with Crippen LogP contribution in [0.15, 0.2) is 24.3 Å². The molecule has 5 nitrogen and oxygen atoms in total. The van der Waals surface area contributed by atoms with Crippen molar-refractivity contribution >= 4 is 23.0 Å². The van der Waals surface area contributed by atoms with Crippen molar-refractivity contribution in [1.29, 1.82) is 0 Å². The van der Waals surface area contributed by atoms with Crippen LogP contribution >= 0.6 is 0 Å². The number of carboxylic acids is 1. The van der Waals surface area contributed by atoms with E-state index in [1.165, 1.54) is 18.2 Å². The van der Waals surface area contributed by atoms with Gasteiger partial charge in [0.15, 0.2) is 0 Å². The van der Waals surface area contributed by atoms with Gasteiger partial charge < -0.3 is 9.84 Å². The Labute approximate surface area is 114 Å². The summed E-state index contributed by atoms with van der Waals surface area (Å²) in [6.07, 6.45) is -0.809. The molecule has 6 heteroatoms. The van der Waals surface area contributed by atoms with Gasteiger partial charge in [-0.2, -0.15) is 0 Å². The molecule has 0 aliphatic rings. The first-order valence-electron chi connectivity index (χ1n) is 5.97. The second-order valence-corrected chi connectivity index (χ2v) is 5.35. The lowest BCUT2D eigenvalue weighted by molar-refractivity contribution is 0.0513. The van der Waals surface area contributed by atoms with E-state index in [1.807, 2.05) is 0 Å². The molecule has 2 aromatic rings. The average Bonchev–Trinajstić information content (AvgIpc) is 2.64. The lowest BCUT2D eigenvalue weighted by atomic mass is 10.2. The SMILES string of the molecule is CC(C)(C)OC(=O)n1c(C(=O)O)cc2cc(F)ccc21. The normalized spacial score (nSPS) is 11.6. The summed E-state index contributed by atoms with van der Waals surface area (Å²) in [5, 5.41) is 9.49. The van der Waals surface area contributed by atoms with E-state index in [4.69, 9.17) is 9.84 Å². The number of hydrogen-bond acceptors (Lipinski definition) is 3. The third kappa shape index (κ3) is 2.64. The predicted molar refractivity (Wildman–Crippen MR) is 70.5 cm³/mol. The van der Waals surface area contributed by atoms with Crippen molar-refractivity contribution in [2.24, 2.45) is 0 Å². The van der Waals surface area contributed by atoms with E-state index in [9.17, 15) is 14.0 Å². The number of carbonyl (C=O) groups excluding carboxylic acids is 1. The van der Waals surface area contributed by atoms with E-state index in [2.05, 4.69) is 0 Å². The van der Waals surface area contributed by atoms with E-state index >= 15 is 0 Å². The van der Waals surface area contributed by atoms with Gasteiger partial charge in [-0.1, -0.05) is 0 Å². The third-order valence-electron chi connectivity index (χ3n) is 2.56. The molecule has 0 spiro atoms. The Morgan fingerprint density at radius 2 is 1.90 bits per heavy atom. The van der Waals surface area contributed by atoms with Crippen LogP contribution in [0.2, 0.25) is 0 Å². The highest BCUT2D eigenvalue weighted by molar-refractivity contribution is 6.00. The molecule has 0 fully saturated rings. The van der Waals surface area contributed by atoms with Crippen molar-refractivity contribution in [3.05, 3.63) is 35.8 Å². The van der Waals surface area contributed by atoms with E-state index in [0.717, 1.165) is 10.6 Å². The zero-order chi connectivity index (χ0) is 15.1. The smallest absolute Gasteiger partial charge is 0.419 e. The van der Waals surface area contributed by atoms with Gasteiger partial charge in [-0.05, 0) is 45.0 Å². The fourth-order valence-corrected chi connectivity index (χ4v) is 1.85. The first-order valence-corrected chi connectivity index (χ1v) is 5.97. The van der Waals surface area contributed by atoms with Gasteiger partial charge in [0, 0.05) is 5.39 Å². The fraction of sp³-hybridized carbons (Fsp3) is 0.286. The number of carboxylic acid groups (broad SMARTS) is 1. The summed E-state index contributed by atoms with van der Waals surface area (Å²) in [7, 11) is 0. The lowest BCUT2D eigenvalue weighted by Gasteiger charge is -2.20. The Hall–Kier alpha value is -2.37. The molecule has 1 N–H and O–H groups in total. The van der Waals surface area contributed by atoms with Crippen LogP contribution in [0, 0.1) is 5.82 Å². The molecule has 0 aliphatic carbocycles. The zero-order valence-corrected chi connectivity index (χ0v) is 11.3. The van der Waals surface area contributed by atoms with Gasteiger partial charge in [0.25, 0.3) is 0 Å². The number of halogens is 1. The molecular formula is C14H14FNO4. The lowest BCUT2D eigenvalue weighted by Crippen LogP contribution is -2.28. The topological polar surface area (TPSA) is 68.5 Å². The van der Waals surface area contributed by atoms with Gasteiger partial charge in [0.05, 0.1) is 5.52 Å². The largest absolute Gasteiger partial charge is 0.477 e. The molecule has 1 aromatic carbocycles. The first-order chi connectivity index (χ1) is 9.19. The Bertz CT molecular complexity index is 697. The number of hydrogen-bond donors (Lipinski definition) is 1. The summed E-state index contributed by atoms with van der Waals surface area (Å²) < 4.78 is 19.3. The molecule has 1 aromatic heterocycles. The molecule has 0 amide bonds. The Balaban J connectivity index is 2.63. The molecular weight excluding hydrogens is 265 g/mol. The standard InChI is InChI=1S/C14H14FNO4/c1-14(2,3)20-13(19)16-10-5-4-9(15)6-8(10)7-11(16)12(17)18/h4-7H,1-3H3,(H,17,18). The van der Waals surface area contributed by atoms with Crippen LogP contribution < -0.4 is 0 Å². The first kappa shape index (κ1) is 14.0. The minimum absolute atomic E-state index is 0.264. The molecule has 0 saturated heterocycles. The van der Waals surface area contributed by atoms with Crippen LogP contribution in [0.3, 0.4) is 0 Å². The van der Waals surface area contributed by atoms with Gasteiger partial charge in [-0.3, -0.25) is 0 Å². The second kappa shape index (κ2) is 4.63. The van der Waals surface area contributed by atoms with E-state index in [0.29, 0.717) is 5.39 Å². The van der Waals surface area contributed by atoms with Gasteiger partial charge >= 0.3 is 12.1 Å². The summed E-state index contributed by atoms with van der Waals surface area (Å²) in [4.78, 5) is 23.4. The van der Waals surface area contributed by atoms with Crippen LogP contribution in [0.5, 0.6) is 0 Å². The number of aromatic nitrogens is 1. The summed E-state index contributed by atoms with van der Waals surface area (Å²) in [5.41, 5.74) is -0.735. The van der Waals surface area contributed by atoms with Crippen LogP contribution in [0.1, 0.15) is 31.3 Å². The number of benzene rings is 1. The minimum Gasteiger partial charge on any atom is -0.477 e.